The molecule has 22 heavy (non-hydrogen) atoms. The summed E-state index contributed by atoms with van der Waals surface area (Å²) in [6.07, 6.45) is 1.43. The number of hydrogen-bond donors (Lipinski definition) is 2. The molecule has 2 N–H and O–H groups in total. The third-order valence-electron chi connectivity index (χ3n) is 3.98. The Labute approximate surface area is 143 Å². The molecule has 0 bridgehead atoms. The van der Waals surface area contributed by atoms with Crippen molar-refractivity contribution in [2.45, 2.75) is 25.0 Å². The van der Waals surface area contributed by atoms with Crippen LogP contribution in [0, 0.1) is 0 Å². The molecule has 1 aromatic heterocycles. The fourth-order valence-corrected chi connectivity index (χ4v) is 4.27. The summed E-state index contributed by atoms with van der Waals surface area (Å²) in [5.41, 5.74) is 0.614. The van der Waals surface area contributed by atoms with Gasteiger partial charge in [-0.25, -0.2) is 0 Å². The van der Waals surface area contributed by atoms with Gasteiger partial charge in [0.15, 0.2) is 0 Å². The summed E-state index contributed by atoms with van der Waals surface area (Å²) < 4.78 is 6.42. The normalized spacial score (nSPS) is 17.5. The molecular formula is C17H20BrNO2S. The quantitative estimate of drug-likeness (QED) is 0.827. The average molecular weight is 382 g/mol. The molecule has 1 aliphatic heterocycles. The monoisotopic (exact) mass is 381 g/mol. The van der Waals surface area contributed by atoms with Crippen molar-refractivity contribution in [3.63, 3.8) is 0 Å². The Morgan fingerprint density at radius 3 is 2.73 bits per heavy atom. The van der Waals surface area contributed by atoms with Crippen LogP contribution in [0.2, 0.25) is 0 Å². The Bertz CT molecular complexity index is 623. The maximum Gasteiger partial charge on any atom is 0.0815 e. The predicted molar refractivity (Wildman–Crippen MR) is 94.2 cm³/mol. The second-order valence-corrected chi connectivity index (χ2v) is 7.71. The first-order valence-electron chi connectivity index (χ1n) is 7.51. The van der Waals surface area contributed by atoms with E-state index in [2.05, 4.69) is 51.6 Å². The van der Waals surface area contributed by atoms with E-state index < -0.39 is 5.60 Å². The van der Waals surface area contributed by atoms with Gasteiger partial charge in [0, 0.05) is 58.9 Å². The molecule has 1 saturated heterocycles. The Morgan fingerprint density at radius 2 is 1.95 bits per heavy atom. The van der Waals surface area contributed by atoms with Crippen LogP contribution in [0.4, 0.5) is 0 Å². The molecule has 0 atom stereocenters. The summed E-state index contributed by atoms with van der Waals surface area (Å²) in [5.74, 6) is 0. The second kappa shape index (κ2) is 7.23. The first-order valence-corrected chi connectivity index (χ1v) is 9.12. The summed E-state index contributed by atoms with van der Waals surface area (Å²) in [6.45, 7) is 2.73. The summed E-state index contributed by atoms with van der Waals surface area (Å²) >= 11 is 5.39. The topological polar surface area (TPSA) is 41.5 Å². The van der Waals surface area contributed by atoms with Gasteiger partial charge < -0.3 is 15.2 Å². The van der Waals surface area contributed by atoms with Gasteiger partial charge in [-0.2, -0.15) is 0 Å². The van der Waals surface area contributed by atoms with Gasteiger partial charge in [-0.1, -0.05) is 34.1 Å². The van der Waals surface area contributed by atoms with Crippen molar-refractivity contribution >= 4 is 27.3 Å². The lowest BCUT2D eigenvalue weighted by molar-refractivity contribution is -0.0616. The van der Waals surface area contributed by atoms with E-state index in [-0.39, 0.29) is 0 Å². The van der Waals surface area contributed by atoms with Crippen LogP contribution in [0.25, 0.3) is 10.4 Å². The molecule has 1 aliphatic rings. The standard InChI is InChI=1S/C17H20BrNO2S/c18-15-4-2-1-3-14(15)16-6-5-13(22-16)11-19-12-17(20)7-9-21-10-8-17/h1-6,19-20H,7-12H2. The van der Waals surface area contributed by atoms with Crippen LogP contribution in [-0.2, 0) is 11.3 Å². The number of ether oxygens (including phenoxy) is 1. The number of halogens is 1. The summed E-state index contributed by atoms with van der Waals surface area (Å²) in [5, 5.41) is 13.8. The van der Waals surface area contributed by atoms with Crippen LogP contribution in [0.3, 0.4) is 0 Å². The maximum absolute atomic E-state index is 10.4. The van der Waals surface area contributed by atoms with Gasteiger partial charge >= 0.3 is 0 Å². The van der Waals surface area contributed by atoms with Crippen molar-refractivity contribution in [1.82, 2.24) is 5.32 Å². The number of nitrogens with one attached hydrogen (secondary N) is 1. The van der Waals surface area contributed by atoms with Crippen molar-refractivity contribution in [3.05, 3.63) is 45.7 Å². The number of hydrogen-bond acceptors (Lipinski definition) is 4. The molecule has 5 heteroatoms. The minimum Gasteiger partial charge on any atom is -0.388 e. The molecule has 0 spiro atoms. The van der Waals surface area contributed by atoms with E-state index in [0.29, 0.717) is 32.6 Å². The van der Waals surface area contributed by atoms with Crippen LogP contribution in [0.15, 0.2) is 40.9 Å². The van der Waals surface area contributed by atoms with E-state index in [1.54, 1.807) is 11.3 Å². The van der Waals surface area contributed by atoms with Crippen molar-refractivity contribution in [2.75, 3.05) is 19.8 Å². The molecule has 2 aromatic rings. The highest BCUT2D eigenvalue weighted by molar-refractivity contribution is 9.10. The number of benzene rings is 1. The smallest absolute Gasteiger partial charge is 0.0815 e. The van der Waals surface area contributed by atoms with Gasteiger partial charge in [-0.05, 0) is 18.2 Å². The van der Waals surface area contributed by atoms with Crippen LogP contribution in [-0.4, -0.2) is 30.5 Å². The van der Waals surface area contributed by atoms with E-state index >= 15 is 0 Å². The minimum atomic E-state index is -0.610. The first kappa shape index (κ1) is 16.1. The zero-order chi connectivity index (χ0) is 15.4. The molecule has 0 unspecified atom stereocenters. The van der Waals surface area contributed by atoms with Crippen molar-refractivity contribution < 1.29 is 9.84 Å². The molecule has 3 nitrogen and oxygen atoms in total. The third-order valence-corrected chi connectivity index (χ3v) is 5.79. The van der Waals surface area contributed by atoms with E-state index in [0.717, 1.165) is 11.0 Å². The van der Waals surface area contributed by atoms with Crippen LogP contribution >= 0.6 is 27.3 Å². The van der Waals surface area contributed by atoms with Gasteiger partial charge in [0.2, 0.25) is 0 Å². The predicted octanol–water partition coefficient (Wildman–Crippen LogP) is 3.81. The van der Waals surface area contributed by atoms with Crippen molar-refractivity contribution in [1.29, 1.82) is 0 Å². The van der Waals surface area contributed by atoms with E-state index in [9.17, 15) is 5.11 Å². The Morgan fingerprint density at radius 1 is 1.18 bits per heavy atom. The SMILES string of the molecule is OC1(CNCc2ccc(-c3ccccc3Br)s2)CCOCC1. The van der Waals surface area contributed by atoms with E-state index in [4.69, 9.17) is 4.74 Å². The van der Waals surface area contributed by atoms with Gasteiger partial charge in [0.05, 0.1) is 5.60 Å². The number of thiophene rings is 1. The molecule has 118 valence electrons. The molecule has 2 heterocycles. The number of aliphatic hydroxyl groups is 1. The third kappa shape index (κ3) is 3.97. The van der Waals surface area contributed by atoms with Gasteiger partial charge in [0.25, 0.3) is 0 Å². The lowest BCUT2D eigenvalue weighted by Crippen LogP contribution is -2.44. The van der Waals surface area contributed by atoms with Crippen LogP contribution in [0.1, 0.15) is 17.7 Å². The summed E-state index contributed by atoms with van der Waals surface area (Å²) in [7, 11) is 0. The zero-order valence-electron chi connectivity index (χ0n) is 12.3. The summed E-state index contributed by atoms with van der Waals surface area (Å²) in [4.78, 5) is 2.54. The largest absolute Gasteiger partial charge is 0.388 e. The maximum atomic E-state index is 10.4. The average Bonchev–Trinajstić information content (AvgIpc) is 2.97. The second-order valence-electron chi connectivity index (χ2n) is 5.69. The van der Waals surface area contributed by atoms with Crippen molar-refractivity contribution in [3.8, 4) is 10.4 Å². The molecule has 0 amide bonds. The van der Waals surface area contributed by atoms with Crippen LogP contribution < -0.4 is 5.32 Å². The molecule has 1 aromatic carbocycles. The fourth-order valence-electron chi connectivity index (χ4n) is 2.63. The van der Waals surface area contributed by atoms with Crippen LogP contribution in [0.5, 0.6) is 0 Å². The molecule has 0 saturated carbocycles. The highest BCUT2D eigenvalue weighted by atomic mass is 79.9. The highest BCUT2D eigenvalue weighted by Gasteiger charge is 2.29. The van der Waals surface area contributed by atoms with Gasteiger partial charge in [-0.3, -0.25) is 0 Å². The van der Waals surface area contributed by atoms with Gasteiger partial charge in [-0.15, -0.1) is 11.3 Å². The zero-order valence-corrected chi connectivity index (χ0v) is 14.8. The molecular weight excluding hydrogens is 362 g/mol. The first-order chi connectivity index (χ1) is 10.7. The van der Waals surface area contributed by atoms with E-state index in [1.165, 1.54) is 15.3 Å². The Hall–Kier alpha value is -0.720. The van der Waals surface area contributed by atoms with Gasteiger partial charge in [0.1, 0.15) is 0 Å². The molecule has 3 rings (SSSR count). The Kier molecular flexibility index (Phi) is 5.31. The lowest BCUT2D eigenvalue weighted by atomic mass is 9.94. The fraction of sp³-hybridized carbons (Fsp3) is 0.412. The lowest BCUT2D eigenvalue weighted by Gasteiger charge is -2.32. The molecule has 0 radical (unpaired) electrons. The Balaban J connectivity index is 1.57. The minimum absolute atomic E-state index is 0.610. The number of rotatable bonds is 5. The molecule has 1 fully saturated rings. The highest BCUT2D eigenvalue weighted by Crippen LogP contribution is 2.33. The molecule has 0 aliphatic carbocycles. The summed E-state index contributed by atoms with van der Waals surface area (Å²) in [6, 6.07) is 12.6. The van der Waals surface area contributed by atoms with Crippen molar-refractivity contribution in [2.24, 2.45) is 0 Å². The van der Waals surface area contributed by atoms with E-state index in [1.807, 2.05) is 6.07 Å².